The Labute approximate surface area is 184 Å². The van der Waals surface area contributed by atoms with E-state index in [1.54, 1.807) is 6.08 Å². The first-order chi connectivity index (χ1) is 14.4. The summed E-state index contributed by atoms with van der Waals surface area (Å²) >= 11 is 2.75. The Bertz CT molecular complexity index is 1020. The number of ether oxygens (including phenoxy) is 1. The van der Waals surface area contributed by atoms with Gasteiger partial charge in [-0.05, 0) is 38.8 Å². The van der Waals surface area contributed by atoms with Crippen molar-refractivity contribution in [3.8, 4) is 5.75 Å². The van der Waals surface area contributed by atoms with E-state index in [0.29, 0.717) is 22.7 Å². The van der Waals surface area contributed by atoms with Crippen LogP contribution in [0.25, 0.3) is 0 Å². The van der Waals surface area contributed by atoms with Crippen molar-refractivity contribution in [1.29, 1.82) is 0 Å². The third kappa shape index (κ3) is 5.28. The minimum absolute atomic E-state index is 0.129. The molecule has 1 N–H and O–H groups in total. The monoisotopic (exact) mass is 443 g/mol. The van der Waals surface area contributed by atoms with Crippen LogP contribution in [-0.2, 0) is 17.9 Å². The molecule has 2 aromatic heterocycles. The Morgan fingerprint density at radius 2 is 2.07 bits per heavy atom. The van der Waals surface area contributed by atoms with E-state index in [1.165, 1.54) is 23.1 Å². The molecule has 1 aromatic carbocycles. The Morgan fingerprint density at radius 1 is 1.33 bits per heavy atom. The van der Waals surface area contributed by atoms with Crippen molar-refractivity contribution in [1.82, 2.24) is 19.7 Å². The molecular weight excluding hydrogens is 418 g/mol. The zero-order chi connectivity index (χ0) is 21.7. The number of hydrogen-bond donors (Lipinski definition) is 1. The highest BCUT2D eigenvalue weighted by molar-refractivity contribution is 8.00. The normalized spacial score (nSPS) is 11.9. The average molecular weight is 444 g/mol. The van der Waals surface area contributed by atoms with Crippen molar-refractivity contribution in [2.45, 2.75) is 51.3 Å². The fourth-order valence-corrected chi connectivity index (χ4v) is 4.39. The molecule has 0 spiro atoms. The Kier molecular flexibility index (Phi) is 7.28. The first-order valence-corrected chi connectivity index (χ1v) is 11.3. The molecule has 1 atom stereocenters. The summed E-state index contributed by atoms with van der Waals surface area (Å²) in [6.07, 6.45) is 1.78. The van der Waals surface area contributed by atoms with Crippen LogP contribution in [-0.4, -0.2) is 30.9 Å². The number of benzene rings is 1. The van der Waals surface area contributed by atoms with Gasteiger partial charge in [0.05, 0.1) is 10.9 Å². The van der Waals surface area contributed by atoms with E-state index >= 15 is 0 Å². The standard InChI is InChI=1S/C21H25N5O2S2/c1-6-10-26-17(11-28-18-13(2)8-7-9-14(18)3)24-25-21(26)30-16(5)19(27)23-20-22-15(4)12-29-20/h6-9,12,16H,1,10-11H2,2-5H3,(H,22,23,27)/t16-/m0/s1. The highest BCUT2D eigenvalue weighted by Crippen LogP contribution is 2.26. The Morgan fingerprint density at radius 3 is 2.70 bits per heavy atom. The molecule has 0 bridgehead atoms. The van der Waals surface area contributed by atoms with Crippen LogP contribution in [0.5, 0.6) is 5.75 Å². The second-order valence-corrected chi connectivity index (χ2v) is 9.02. The van der Waals surface area contributed by atoms with Gasteiger partial charge in [0.15, 0.2) is 16.1 Å². The maximum absolute atomic E-state index is 12.5. The van der Waals surface area contributed by atoms with Crippen molar-refractivity contribution >= 4 is 34.1 Å². The van der Waals surface area contributed by atoms with Gasteiger partial charge in [0.1, 0.15) is 12.4 Å². The van der Waals surface area contributed by atoms with Crippen LogP contribution < -0.4 is 10.1 Å². The minimum Gasteiger partial charge on any atom is -0.485 e. The quantitative estimate of drug-likeness (QED) is 0.386. The van der Waals surface area contributed by atoms with Gasteiger partial charge < -0.3 is 10.1 Å². The van der Waals surface area contributed by atoms with E-state index in [9.17, 15) is 4.79 Å². The number of rotatable bonds is 9. The number of nitrogens with one attached hydrogen (secondary N) is 1. The summed E-state index contributed by atoms with van der Waals surface area (Å²) in [7, 11) is 0. The molecule has 9 heteroatoms. The van der Waals surface area contributed by atoms with Crippen LogP contribution >= 0.6 is 23.1 Å². The van der Waals surface area contributed by atoms with Crippen LogP contribution in [0.15, 0.2) is 41.4 Å². The summed E-state index contributed by atoms with van der Waals surface area (Å²) in [5, 5.41) is 14.2. The second-order valence-electron chi connectivity index (χ2n) is 6.85. The van der Waals surface area contributed by atoms with Gasteiger partial charge >= 0.3 is 0 Å². The summed E-state index contributed by atoms with van der Waals surface area (Å²) in [5.74, 6) is 1.41. The number of hydrogen-bond acceptors (Lipinski definition) is 7. The lowest BCUT2D eigenvalue weighted by atomic mass is 10.1. The molecule has 0 saturated carbocycles. The number of thioether (sulfide) groups is 1. The van der Waals surface area contributed by atoms with Crippen molar-refractivity contribution in [2.75, 3.05) is 5.32 Å². The van der Waals surface area contributed by atoms with E-state index in [-0.39, 0.29) is 17.8 Å². The molecule has 0 aliphatic heterocycles. The van der Waals surface area contributed by atoms with Gasteiger partial charge in [-0.15, -0.1) is 28.1 Å². The third-order valence-corrected chi connectivity index (χ3v) is 6.32. The van der Waals surface area contributed by atoms with E-state index in [4.69, 9.17) is 4.74 Å². The zero-order valence-electron chi connectivity index (χ0n) is 17.5. The zero-order valence-corrected chi connectivity index (χ0v) is 19.1. The summed E-state index contributed by atoms with van der Waals surface area (Å²) < 4.78 is 7.95. The number of aryl methyl sites for hydroxylation is 3. The fraction of sp³-hybridized carbons (Fsp3) is 0.333. The number of nitrogens with zero attached hydrogens (tertiary/aromatic N) is 4. The predicted octanol–water partition coefficient (Wildman–Crippen LogP) is 4.54. The maximum Gasteiger partial charge on any atom is 0.239 e. The van der Waals surface area contributed by atoms with Crippen molar-refractivity contribution < 1.29 is 9.53 Å². The SMILES string of the molecule is C=CCn1c(COc2c(C)cccc2C)nnc1S[C@@H](C)C(=O)Nc1nc(C)cs1. The third-order valence-electron chi connectivity index (χ3n) is 4.36. The number of aromatic nitrogens is 4. The lowest BCUT2D eigenvalue weighted by molar-refractivity contribution is -0.115. The van der Waals surface area contributed by atoms with Gasteiger partial charge in [-0.2, -0.15) is 0 Å². The highest BCUT2D eigenvalue weighted by atomic mass is 32.2. The number of para-hydroxylation sites is 1. The van der Waals surface area contributed by atoms with Gasteiger partial charge in [-0.1, -0.05) is 36.0 Å². The van der Waals surface area contributed by atoms with Crippen molar-refractivity contribution in [3.63, 3.8) is 0 Å². The molecule has 0 saturated heterocycles. The number of carbonyl (C=O) groups excluding carboxylic acids is 1. The van der Waals surface area contributed by atoms with E-state index in [2.05, 4.69) is 27.1 Å². The Balaban J connectivity index is 1.70. The lowest BCUT2D eigenvalue weighted by Crippen LogP contribution is -2.23. The Hall–Kier alpha value is -2.65. The molecule has 0 aliphatic rings. The van der Waals surface area contributed by atoms with Crippen LogP contribution in [0.3, 0.4) is 0 Å². The molecule has 1 amide bonds. The van der Waals surface area contributed by atoms with Crippen LogP contribution in [0.1, 0.15) is 29.6 Å². The molecule has 158 valence electrons. The fourth-order valence-electron chi connectivity index (χ4n) is 2.82. The van der Waals surface area contributed by atoms with E-state index < -0.39 is 0 Å². The molecule has 2 heterocycles. The summed E-state index contributed by atoms with van der Waals surface area (Å²) in [6.45, 7) is 12.4. The number of anilines is 1. The maximum atomic E-state index is 12.5. The summed E-state index contributed by atoms with van der Waals surface area (Å²) in [6, 6.07) is 6.04. The molecule has 0 unspecified atom stereocenters. The van der Waals surface area contributed by atoms with Gasteiger partial charge in [0.2, 0.25) is 5.91 Å². The molecule has 30 heavy (non-hydrogen) atoms. The summed E-state index contributed by atoms with van der Waals surface area (Å²) in [5.41, 5.74) is 3.03. The topological polar surface area (TPSA) is 81.9 Å². The first-order valence-electron chi connectivity index (χ1n) is 9.50. The molecule has 3 rings (SSSR count). The number of amides is 1. The molecule has 0 fully saturated rings. The van der Waals surface area contributed by atoms with Gasteiger partial charge in [0.25, 0.3) is 0 Å². The smallest absolute Gasteiger partial charge is 0.239 e. The number of allylic oxidation sites excluding steroid dienone is 1. The largest absolute Gasteiger partial charge is 0.485 e. The van der Waals surface area contributed by atoms with Crippen molar-refractivity contribution in [2.24, 2.45) is 0 Å². The second kappa shape index (κ2) is 9.90. The highest BCUT2D eigenvalue weighted by Gasteiger charge is 2.21. The first kappa shape index (κ1) is 22.0. The average Bonchev–Trinajstić information content (AvgIpc) is 3.28. The van der Waals surface area contributed by atoms with Crippen molar-refractivity contribution in [3.05, 3.63) is 58.9 Å². The van der Waals surface area contributed by atoms with Gasteiger partial charge in [-0.25, -0.2) is 4.98 Å². The molecule has 3 aromatic rings. The number of carbonyl (C=O) groups is 1. The van der Waals surface area contributed by atoms with Crippen LogP contribution in [0.4, 0.5) is 5.13 Å². The molecule has 7 nitrogen and oxygen atoms in total. The summed E-state index contributed by atoms with van der Waals surface area (Å²) in [4.78, 5) is 16.8. The lowest BCUT2D eigenvalue weighted by Gasteiger charge is -2.14. The van der Waals surface area contributed by atoms with E-state index in [0.717, 1.165) is 22.6 Å². The van der Waals surface area contributed by atoms with Gasteiger partial charge in [-0.3, -0.25) is 9.36 Å². The van der Waals surface area contributed by atoms with Gasteiger partial charge in [0, 0.05) is 11.9 Å². The van der Waals surface area contributed by atoms with Crippen LogP contribution in [0.2, 0.25) is 0 Å². The minimum atomic E-state index is -0.366. The molecule has 0 aliphatic carbocycles. The molecular formula is C21H25N5O2S2. The molecule has 0 radical (unpaired) electrons. The number of thiazole rings is 1. The van der Waals surface area contributed by atoms with E-state index in [1.807, 2.05) is 55.8 Å². The van der Waals surface area contributed by atoms with Crippen LogP contribution in [0, 0.1) is 20.8 Å². The predicted molar refractivity (Wildman–Crippen MR) is 121 cm³/mol.